The van der Waals surface area contributed by atoms with Crippen LogP contribution in [0, 0.1) is 0 Å². The molecule has 1 atom stereocenters. The summed E-state index contributed by atoms with van der Waals surface area (Å²) in [6, 6.07) is 24.2. The fourth-order valence-electron chi connectivity index (χ4n) is 4.14. The molecule has 1 unspecified atom stereocenters. The minimum atomic E-state index is -0.626. The van der Waals surface area contributed by atoms with Gasteiger partial charge in [-0.05, 0) is 37.1 Å². The van der Waals surface area contributed by atoms with E-state index < -0.39 is 5.79 Å². The van der Waals surface area contributed by atoms with E-state index in [9.17, 15) is 0 Å². The third-order valence-electron chi connectivity index (χ3n) is 5.97. The molecule has 2 aromatic heterocycles. The average Bonchev–Trinajstić information content (AvgIpc) is 3.54. The molecule has 7 heteroatoms. The number of pyridine rings is 1. The number of aliphatic imine (C=N–C) groups is 2. The Bertz CT molecular complexity index is 1380. The summed E-state index contributed by atoms with van der Waals surface area (Å²) in [6.07, 6.45) is 5.16. The molecule has 1 aliphatic rings. The number of nitrogens with zero attached hydrogens (tertiary/aromatic N) is 3. The number of H-pyrrole nitrogens is 1. The molecule has 5 rings (SSSR count). The van der Waals surface area contributed by atoms with E-state index in [1.54, 1.807) is 12.4 Å². The second kappa shape index (κ2) is 10.3. The van der Waals surface area contributed by atoms with Gasteiger partial charge in [-0.2, -0.15) is 0 Å². The standard InChI is InChI=1S/C29H29N5O2/c1-29(2)35-19-25(36-29)22-15-23(18-31-17-22)27(30)34-28(33-16-20-9-5-3-6-10-20)26-24(13-14-32-26)21-11-7-4-8-12-21/h3-15,17-18,25,32H,16,19H2,1-2H3,(H2,30,33,34). The summed E-state index contributed by atoms with van der Waals surface area (Å²) < 4.78 is 11.7. The Labute approximate surface area is 210 Å². The number of benzene rings is 2. The third-order valence-corrected chi connectivity index (χ3v) is 5.97. The maximum atomic E-state index is 6.52. The molecule has 0 aliphatic carbocycles. The smallest absolute Gasteiger partial charge is 0.174 e. The van der Waals surface area contributed by atoms with Gasteiger partial charge in [0.2, 0.25) is 0 Å². The van der Waals surface area contributed by atoms with Crippen LogP contribution in [0.5, 0.6) is 0 Å². The van der Waals surface area contributed by atoms with E-state index in [1.165, 1.54) is 0 Å². The summed E-state index contributed by atoms with van der Waals surface area (Å²) in [5.74, 6) is 0.217. The third kappa shape index (κ3) is 5.43. The van der Waals surface area contributed by atoms with Crippen molar-refractivity contribution < 1.29 is 9.47 Å². The van der Waals surface area contributed by atoms with Gasteiger partial charge in [-0.25, -0.2) is 4.99 Å². The fourth-order valence-corrected chi connectivity index (χ4v) is 4.14. The summed E-state index contributed by atoms with van der Waals surface area (Å²) in [4.78, 5) is 17.3. The van der Waals surface area contributed by atoms with Crippen LogP contribution < -0.4 is 5.73 Å². The fraction of sp³-hybridized carbons (Fsp3) is 0.207. The molecule has 1 aliphatic heterocycles. The minimum absolute atomic E-state index is 0.209. The molecular weight excluding hydrogens is 450 g/mol. The van der Waals surface area contributed by atoms with E-state index in [0.29, 0.717) is 30.4 Å². The number of ether oxygens (including phenoxy) is 2. The quantitative estimate of drug-likeness (QED) is 0.291. The van der Waals surface area contributed by atoms with Gasteiger partial charge >= 0.3 is 0 Å². The highest BCUT2D eigenvalue weighted by atomic mass is 16.7. The van der Waals surface area contributed by atoms with Crippen molar-refractivity contribution in [2.75, 3.05) is 6.61 Å². The number of nitrogens with one attached hydrogen (secondary N) is 1. The lowest BCUT2D eigenvalue weighted by Gasteiger charge is -2.17. The molecule has 4 aromatic rings. The van der Waals surface area contributed by atoms with Crippen LogP contribution in [0.25, 0.3) is 11.1 Å². The number of hydrogen-bond acceptors (Lipinski definition) is 4. The van der Waals surface area contributed by atoms with Gasteiger partial charge in [0.15, 0.2) is 11.6 Å². The van der Waals surface area contributed by atoms with Gasteiger partial charge in [0, 0.05) is 35.3 Å². The van der Waals surface area contributed by atoms with Crippen molar-refractivity contribution in [3.05, 3.63) is 114 Å². The van der Waals surface area contributed by atoms with Gasteiger partial charge in [0.1, 0.15) is 11.9 Å². The topological polar surface area (TPSA) is 97.9 Å². The molecule has 3 N–H and O–H groups in total. The normalized spacial score (nSPS) is 17.9. The van der Waals surface area contributed by atoms with Gasteiger partial charge in [0.05, 0.1) is 18.8 Å². The van der Waals surface area contributed by atoms with Crippen LogP contribution in [-0.4, -0.2) is 34.0 Å². The van der Waals surface area contributed by atoms with Crippen molar-refractivity contribution in [3.63, 3.8) is 0 Å². The van der Waals surface area contributed by atoms with Crippen LogP contribution in [0.3, 0.4) is 0 Å². The molecule has 2 aromatic carbocycles. The molecule has 0 saturated carbocycles. The van der Waals surface area contributed by atoms with Crippen molar-refractivity contribution in [3.8, 4) is 11.1 Å². The first-order valence-corrected chi connectivity index (χ1v) is 11.9. The van der Waals surface area contributed by atoms with Crippen LogP contribution >= 0.6 is 0 Å². The predicted molar refractivity (Wildman–Crippen MR) is 142 cm³/mol. The molecule has 7 nitrogen and oxygen atoms in total. The Hall–Kier alpha value is -4.07. The first-order valence-electron chi connectivity index (χ1n) is 11.9. The minimum Gasteiger partial charge on any atom is -0.383 e. The summed E-state index contributed by atoms with van der Waals surface area (Å²) in [7, 11) is 0. The molecule has 1 saturated heterocycles. The molecule has 3 heterocycles. The second-order valence-electron chi connectivity index (χ2n) is 9.08. The Morgan fingerprint density at radius 3 is 2.53 bits per heavy atom. The van der Waals surface area contributed by atoms with Crippen LogP contribution in [0.15, 0.2) is 101 Å². The Morgan fingerprint density at radius 2 is 1.81 bits per heavy atom. The highest BCUT2D eigenvalue weighted by Crippen LogP contribution is 2.32. The number of nitrogens with two attached hydrogens (primary N) is 1. The molecule has 182 valence electrons. The highest BCUT2D eigenvalue weighted by Gasteiger charge is 2.33. The summed E-state index contributed by atoms with van der Waals surface area (Å²) in [6.45, 7) is 4.73. The molecule has 0 amide bonds. The average molecular weight is 480 g/mol. The maximum absolute atomic E-state index is 6.52. The van der Waals surface area contributed by atoms with E-state index in [-0.39, 0.29) is 6.10 Å². The van der Waals surface area contributed by atoms with E-state index in [4.69, 9.17) is 25.2 Å². The lowest BCUT2D eigenvalue weighted by Crippen LogP contribution is -2.20. The SMILES string of the molecule is CC1(C)OCC(c2cncc(C(N)=NC(=NCc3ccccc3)c3[nH]ccc3-c3ccccc3)c2)O1. The summed E-state index contributed by atoms with van der Waals surface area (Å²) >= 11 is 0. The van der Waals surface area contributed by atoms with Crippen LogP contribution in [0.2, 0.25) is 0 Å². The maximum Gasteiger partial charge on any atom is 0.174 e. The Balaban J connectivity index is 1.51. The van der Waals surface area contributed by atoms with Gasteiger partial charge in [-0.3, -0.25) is 9.98 Å². The number of rotatable bonds is 6. The Morgan fingerprint density at radius 1 is 1.06 bits per heavy atom. The van der Waals surface area contributed by atoms with Crippen LogP contribution in [0.4, 0.5) is 0 Å². The van der Waals surface area contributed by atoms with E-state index in [0.717, 1.165) is 27.9 Å². The first-order chi connectivity index (χ1) is 17.5. The van der Waals surface area contributed by atoms with Crippen molar-refractivity contribution in [2.24, 2.45) is 15.7 Å². The number of hydrogen-bond donors (Lipinski definition) is 2. The molecular formula is C29H29N5O2. The lowest BCUT2D eigenvalue weighted by atomic mass is 10.1. The Kier molecular flexibility index (Phi) is 6.75. The van der Waals surface area contributed by atoms with Crippen LogP contribution in [-0.2, 0) is 16.0 Å². The largest absolute Gasteiger partial charge is 0.383 e. The first kappa shape index (κ1) is 23.7. The molecule has 0 bridgehead atoms. The monoisotopic (exact) mass is 479 g/mol. The van der Waals surface area contributed by atoms with Gasteiger partial charge in [0.25, 0.3) is 0 Å². The van der Waals surface area contributed by atoms with Crippen molar-refractivity contribution >= 4 is 11.7 Å². The zero-order valence-electron chi connectivity index (χ0n) is 20.4. The predicted octanol–water partition coefficient (Wildman–Crippen LogP) is 5.25. The van der Waals surface area contributed by atoms with Gasteiger partial charge < -0.3 is 20.2 Å². The molecule has 1 fully saturated rings. The number of aromatic nitrogens is 2. The number of aromatic amines is 1. The van der Waals surface area contributed by atoms with Crippen LogP contribution in [0.1, 0.15) is 42.3 Å². The van der Waals surface area contributed by atoms with E-state index in [2.05, 4.69) is 22.1 Å². The zero-order chi connectivity index (χ0) is 25.0. The summed E-state index contributed by atoms with van der Waals surface area (Å²) in [5, 5.41) is 0. The van der Waals surface area contributed by atoms with Crippen molar-refractivity contribution in [2.45, 2.75) is 32.3 Å². The highest BCUT2D eigenvalue weighted by molar-refractivity contribution is 6.12. The van der Waals surface area contributed by atoms with Gasteiger partial charge in [-0.15, -0.1) is 0 Å². The molecule has 36 heavy (non-hydrogen) atoms. The zero-order valence-corrected chi connectivity index (χ0v) is 20.4. The number of amidine groups is 2. The van der Waals surface area contributed by atoms with E-state index >= 15 is 0 Å². The molecule has 0 spiro atoms. The van der Waals surface area contributed by atoms with Crippen molar-refractivity contribution in [1.29, 1.82) is 0 Å². The second-order valence-corrected chi connectivity index (χ2v) is 9.08. The van der Waals surface area contributed by atoms with E-state index in [1.807, 2.05) is 80.7 Å². The van der Waals surface area contributed by atoms with Gasteiger partial charge in [-0.1, -0.05) is 60.7 Å². The lowest BCUT2D eigenvalue weighted by molar-refractivity contribution is -0.139. The summed E-state index contributed by atoms with van der Waals surface area (Å²) in [5.41, 5.74) is 12.1. The van der Waals surface area contributed by atoms with Crippen molar-refractivity contribution in [1.82, 2.24) is 9.97 Å². The molecule has 0 radical (unpaired) electrons.